The second-order valence-corrected chi connectivity index (χ2v) is 3.88. The normalized spacial score (nSPS) is 18.7. The molecule has 90 valence electrons. The number of fused-ring (bicyclic) bond motifs is 1. The Kier molecular flexibility index (Phi) is 2.68. The van der Waals surface area contributed by atoms with E-state index in [1.807, 2.05) is 17.1 Å². The van der Waals surface area contributed by atoms with Crippen LogP contribution in [0.1, 0.15) is 11.7 Å². The lowest BCUT2D eigenvalue weighted by Gasteiger charge is -2.11. The monoisotopic (exact) mass is 237 g/mol. The van der Waals surface area contributed by atoms with Crippen LogP contribution in [0.3, 0.4) is 0 Å². The van der Waals surface area contributed by atoms with Crippen LogP contribution in [-0.2, 0) is 0 Å². The molecule has 1 aliphatic rings. The van der Waals surface area contributed by atoms with Gasteiger partial charge in [0.15, 0.2) is 0 Å². The molecule has 0 aromatic heterocycles. The lowest BCUT2D eigenvalue weighted by molar-refractivity contribution is -0.417. The Balaban J connectivity index is 2.44. The van der Waals surface area contributed by atoms with Crippen molar-refractivity contribution >= 4 is 17.4 Å². The number of carbonyl (C=O) groups excluding carboxylic acids is 1. The van der Waals surface area contributed by atoms with E-state index in [0.717, 1.165) is 5.69 Å². The fourth-order valence-electron chi connectivity index (χ4n) is 1.84. The van der Waals surface area contributed by atoms with Crippen LogP contribution in [0.15, 0.2) is 17.2 Å². The smallest absolute Gasteiger partial charge is 0.505 e. The number of primary amides is 1. The van der Waals surface area contributed by atoms with Gasteiger partial charge >= 0.3 is 6.03 Å². The Bertz CT molecular complexity index is 501. The minimum Gasteiger partial charge on any atom is -0.505 e. The SMILES string of the molecule is CN1C[C@H](O)c2cc(N=[NH+]C(N)=O)c(O)cc21. The molecule has 1 aromatic rings. The largest absolute Gasteiger partial charge is 0.507 e. The number of hydrogen-bond donors (Lipinski definition) is 4. The zero-order chi connectivity index (χ0) is 12.6. The fourth-order valence-corrected chi connectivity index (χ4v) is 1.84. The van der Waals surface area contributed by atoms with Crippen molar-refractivity contribution < 1.29 is 20.1 Å². The summed E-state index contributed by atoms with van der Waals surface area (Å²) in [6, 6.07) is 2.20. The summed E-state index contributed by atoms with van der Waals surface area (Å²) in [6.45, 7) is 0.460. The van der Waals surface area contributed by atoms with E-state index < -0.39 is 12.1 Å². The lowest BCUT2D eigenvalue weighted by Crippen LogP contribution is -2.73. The quantitative estimate of drug-likeness (QED) is 0.475. The van der Waals surface area contributed by atoms with Gasteiger partial charge in [-0.1, -0.05) is 5.11 Å². The Morgan fingerprint density at radius 1 is 1.65 bits per heavy atom. The molecule has 0 saturated heterocycles. The van der Waals surface area contributed by atoms with Crippen molar-refractivity contribution in [2.24, 2.45) is 10.8 Å². The van der Waals surface area contributed by atoms with Gasteiger partial charge in [-0.2, -0.15) is 4.79 Å². The van der Waals surface area contributed by atoms with Gasteiger partial charge in [-0.25, -0.2) is 5.73 Å². The number of nitrogens with zero attached hydrogens (tertiary/aromatic N) is 2. The summed E-state index contributed by atoms with van der Waals surface area (Å²) in [4.78, 5) is 12.3. The van der Waals surface area contributed by atoms with Crippen LogP contribution >= 0.6 is 0 Å². The number of azo groups is 1. The maximum atomic E-state index is 10.5. The predicted molar refractivity (Wildman–Crippen MR) is 59.0 cm³/mol. The summed E-state index contributed by atoms with van der Waals surface area (Å²) < 4.78 is 0. The molecule has 0 radical (unpaired) electrons. The summed E-state index contributed by atoms with van der Waals surface area (Å²) in [5.41, 5.74) is 6.44. The van der Waals surface area contributed by atoms with Gasteiger partial charge in [0.25, 0.3) is 0 Å². The summed E-state index contributed by atoms with van der Waals surface area (Å²) in [5.74, 6) is -0.0848. The Hall–Kier alpha value is -2.15. The first-order valence-electron chi connectivity index (χ1n) is 5.01. The topological polar surface area (TPSA) is 113 Å². The predicted octanol–water partition coefficient (Wildman–Crippen LogP) is -0.882. The molecule has 7 nitrogen and oxygen atoms in total. The number of aliphatic hydroxyl groups is 1. The molecule has 0 aliphatic carbocycles. The average Bonchev–Trinajstić information content (AvgIpc) is 2.51. The number of aliphatic hydroxyl groups excluding tert-OH is 1. The maximum absolute atomic E-state index is 10.5. The molecule has 1 aliphatic heterocycles. The summed E-state index contributed by atoms with van der Waals surface area (Å²) in [7, 11) is 1.81. The van der Waals surface area contributed by atoms with Gasteiger partial charge in [-0.3, -0.25) is 0 Å². The molecular weight excluding hydrogens is 224 g/mol. The number of nitrogens with two attached hydrogens (primary N) is 1. The van der Waals surface area contributed by atoms with Crippen molar-refractivity contribution in [3.8, 4) is 5.75 Å². The van der Waals surface area contributed by atoms with Crippen molar-refractivity contribution in [2.75, 3.05) is 18.5 Å². The molecule has 17 heavy (non-hydrogen) atoms. The van der Waals surface area contributed by atoms with Crippen LogP contribution in [-0.4, -0.2) is 29.8 Å². The highest BCUT2D eigenvalue weighted by Gasteiger charge is 2.26. The van der Waals surface area contributed by atoms with E-state index in [1.54, 1.807) is 0 Å². The van der Waals surface area contributed by atoms with Crippen LogP contribution < -0.4 is 15.7 Å². The Morgan fingerprint density at radius 3 is 3.00 bits per heavy atom. The van der Waals surface area contributed by atoms with Gasteiger partial charge in [0.1, 0.15) is 11.4 Å². The molecule has 7 heteroatoms. The zero-order valence-electron chi connectivity index (χ0n) is 9.21. The first kappa shape index (κ1) is 11.3. The standard InChI is InChI=1S/C10H12N4O3/c1-14-4-9(16)5-2-6(12-13-10(11)17)8(15)3-7(5)14/h2-3,9,15-16H,4H2,1H3,(H2,11,17)/p+1/t9-/m0/s1. The number of hydrogen-bond acceptors (Lipinski definition) is 5. The maximum Gasteiger partial charge on any atom is 0.507 e. The molecule has 0 bridgehead atoms. The van der Waals surface area contributed by atoms with E-state index in [9.17, 15) is 15.0 Å². The molecule has 0 unspecified atom stereocenters. The number of likely N-dealkylation sites (N-methyl/N-ethyl adjacent to an activating group) is 1. The van der Waals surface area contributed by atoms with Crippen molar-refractivity contribution in [1.29, 1.82) is 0 Å². The third-order valence-corrected chi connectivity index (χ3v) is 2.63. The van der Waals surface area contributed by atoms with Gasteiger partial charge in [0, 0.05) is 30.9 Å². The molecule has 1 atom stereocenters. The first-order valence-corrected chi connectivity index (χ1v) is 5.01. The minimum atomic E-state index is -0.817. The van der Waals surface area contributed by atoms with E-state index in [-0.39, 0.29) is 11.4 Å². The highest BCUT2D eigenvalue weighted by Crippen LogP contribution is 2.40. The molecule has 2 rings (SSSR count). The van der Waals surface area contributed by atoms with Crippen molar-refractivity contribution in [3.05, 3.63) is 17.7 Å². The van der Waals surface area contributed by atoms with E-state index in [4.69, 9.17) is 5.73 Å². The van der Waals surface area contributed by atoms with E-state index >= 15 is 0 Å². The number of benzene rings is 1. The second-order valence-electron chi connectivity index (χ2n) is 3.88. The van der Waals surface area contributed by atoms with Gasteiger partial charge in [0.05, 0.1) is 6.10 Å². The number of anilines is 1. The van der Waals surface area contributed by atoms with Gasteiger partial charge in [-0.05, 0) is 6.07 Å². The zero-order valence-corrected chi connectivity index (χ0v) is 9.21. The van der Waals surface area contributed by atoms with Crippen LogP contribution in [0.5, 0.6) is 5.75 Å². The summed E-state index contributed by atoms with van der Waals surface area (Å²) >= 11 is 0. The number of urea groups is 1. The molecule has 1 heterocycles. The third kappa shape index (κ3) is 2.04. The number of aromatic hydroxyl groups is 1. The highest BCUT2D eigenvalue weighted by atomic mass is 16.3. The van der Waals surface area contributed by atoms with Crippen LogP contribution in [0.25, 0.3) is 0 Å². The van der Waals surface area contributed by atoms with Gasteiger partial charge < -0.3 is 15.1 Å². The fraction of sp³-hybridized carbons (Fsp3) is 0.300. The molecule has 1 aromatic carbocycles. The van der Waals surface area contributed by atoms with Gasteiger partial charge in [-0.15, -0.1) is 5.11 Å². The van der Waals surface area contributed by atoms with Crippen molar-refractivity contribution in [1.82, 2.24) is 0 Å². The van der Waals surface area contributed by atoms with E-state index in [1.165, 1.54) is 12.1 Å². The molecule has 2 amide bonds. The third-order valence-electron chi connectivity index (χ3n) is 2.63. The van der Waals surface area contributed by atoms with Crippen LogP contribution in [0, 0.1) is 0 Å². The Labute approximate surface area is 97.2 Å². The number of β-amino-alcohol motifs (C(OH)–C–C–N with tert-alkyl or cyclic N) is 1. The molecule has 0 fully saturated rings. The number of rotatable bonds is 1. The number of phenols is 1. The number of phenolic OH excluding ortho intramolecular Hbond substituents is 1. The van der Waals surface area contributed by atoms with Crippen molar-refractivity contribution in [3.63, 3.8) is 0 Å². The second kappa shape index (κ2) is 4.02. The number of nitrogens with one attached hydrogen (secondary N) is 1. The number of amides is 2. The van der Waals surface area contributed by atoms with Gasteiger partial charge in [0.2, 0.25) is 0 Å². The van der Waals surface area contributed by atoms with E-state index in [0.29, 0.717) is 12.1 Å². The summed E-state index contributed by atoms with van der Waals surface area (Å²) in [5, 5.41) is 25.1. The summed E-state index contributed by atoms with van der Waals surface area (Å²) in [6.07, 6.45) is -0.627. The molecule has 0 spiro atoms. The minimum absolute atomic E-state index is 0.0848. The number of carbonyl (C=O) groups is 1. The van der Waals surface area contributed by atoms with Crippen LogP contribution in [0.4, 0.5) is 16.2 Å². The Morgan fingerprint density at radius 2 is 2.35 bits per heavy atom. The molecule has 0 saturated carbocycles. The van der Waals surface area contributed by atoms with Crippen molar-refractivity contribution in [2.45, 2.75) is 6.10 Å². The average molecular weight is 237 g/mol. The molecule has 5 N–H and O–H groups in total. The van der Waals surface area contributed by atoms with E-state index in [2.05, 4.69) is 5.11 Å². The highest BCUT2D eigenvalue weighted by molar-refractivity contribution is 5.69. The molecular formula is C10H13N4O3+. The lowest BCUT2D eigenvalue weighted by atomic mass is 10.1. The first-order chi connectivity index (χ1) is 7.99. The van der Waals surface area contributed by atoms with Crippen LogP contribution in [0.2, 0.25) is 0 Å².